The highest BCUT2D eigenvalue weighted by Gasteiger charge is 2.48. The molecule has 5 heterocycles. The van der Waals surface area contributed by atoms with E-state index in [0.717, 1.165) is 16.9 Å². The van der Waals surface area contributed by atoms with Crippen LogP contribution >= 0.6 is 11.3 Å². The molecule has 3 aliphatic rings. The number of hydrogen-bond donors (Lipinski definition) is 1. The van der Waals surface area contributed by atoms with Crippen molar-refractivity contribution in [1.82, 2.24) is 14.8 Å². The van der Waals surface area contributed by atoms with E-state index in [1.807, 2.05) is 17.0 Å². The van der Waals surface area contributed by atoms with E-state index in [4.69, 9.17) is 0 Å². The van der Waals surface area contributed by atoms with Gasteiger partial charge in [-0.15, -0.1) is 11.3 Å². The maximum absolute atomic E-state index is 12.7. The lowest BCUT2D eigenvalue weighted by molar-refractivity contribution is -0.142. The molecule has 146 valence electrons. The number of β-lactam (4-membered cyclic amide) rings is 1. The molecular formula is C21H17N3O4S. The average Bonchev–Trinajstić information content (AvgIpc) is 3.33. The Morgan fingerprint density at radius 1 is 1.34 bits per heavy atom. The second-order valence-corrected chi connectivity index (χ2v) is 8.40. The number of fused-ring (bicyclic) bond motifs is 2. The van der Waals surface area contributed by atoms with E-state index >= 15 is 0 Å². The number of pyridine rings is 1. The fraction of sp³-hybridized carbons (Fsp3) is 0.238. The molecule has 0 aromatic carbocycles. The minimum absolute atomic E-state index is 0.0297. The first-order chi connectivity index (χ1) is 14.0. The Balaban J connectivity index is 1.33. The van der Waals surface area contributed by atoms with Crippen LogP contribution in [0.3, 0.4) is 0 Å². The zero-order valence-corrected chi connectivity index (χ0v) is 16.2. The first kappa shape index (κ1) is 17.8. The predicted octanol–water partition coefficient (Wildman–Crippen LogP) is 2.31. The number of nitrogens with zero attached hydrogens (tertiary/aromatic N) is 3. The van der Waals surface area contributed by atoms with Crippen LogP contribution in [0.25, 0.3) is 6.08 Å². The first-order valence-electron chi connectivity index (χ1n) is 9.32. The third-order valence-corrected chi connectivity index (χ3v) is 6.71. The van der Waals surface area contributed by atoms with Gasteiger partial charge < -0.3 is 10.0 Å². The van der Waals surface area contributed by atoms with Gasteiger partial charge in [0, 0.05) is 40.8 Å². The smallest absolute Gasteiger partial charge is 0.352 e. The van der Waals surface area contributed by atoms with Crippen LogP contribution in [0.1, 0.15) is 32.1 Å². The Kier molecular flexibility index (Phi) is 4.09. The fourth-order valence-corrected chi connectivity index (χ4v) is 5.22. The van der Waals surface area contributed by atoms with Crippen molar-refractivity contribution in [2.75, 3.05) is 6.54 Å². The number of carboxylic acid groups (broad SMARTS) is 1. The number of hydrogen-bond acceptors (Lipinski definition) is 5. The van der Waals surface area contributed by atoms with Gasteiger partial charge in [-0.3, -0.25) is 19.5 Å². The maximum atomic E-state index is 12.7. The van der Waals surface area contributed by atoms with E-state index in [9.17, 15) is 19.5 Å². The van der Waals surface area contributed by atoms with Crippen molar-refractivity contribution in [3.63, 3.8) is 0 Å². The molecule has 0 spiro atoms. The average molecular weight is 407 g/mol. The molecule has 2 aromatic rings. The highest BCUT2D eigenvalue weighted by atomic mass is 32.1. The van der Waals surface area contributed by atoms with Crippen molar-refractivity contribution in [2.45, 2.75) is 25.4 Å². The summed E-state index contributed by atoms with van der Waals surface area (Å²) in [6.45, 7) is 1.19. The first-order valence-corrected chi connectivity index (χ1v) is 10.1. The molecule has 0 bridgehead atoms. The van der Waals surface area contributed by atoms with Crippen LogP contribution in [-0.2, 0) is 22.6 Å². The van der Waals surface area contributed by atoms with Gasteiger partial charge >= 0.3 is 5.97 Å². The molecule has 0 radical (unpaired) electrons. The lowest BCUT2D eigenvalue weighted by Gasteiger charge is -2.38. The minimum atomic E-state index is -1.06. The summed E-state index contributed by atoms with van der Waals surface area (Å²) >= 11 is 1.64. The zero-order valence-electron chi connectivity index (χ0n) is 15.4. The summed E-state index contributed by atoms with van der Waals surface area (Å²) in [5, 5.41) is 9.18. The molecule has 1 fully saturated rings. The van der Waals surface area contributed by atoms with Crippen molar-refractivity contribution in [3.05, 3.63) is 68.8 Å². The summed E-state index contributed by atoms with van der Waals surface area (Å²) in [7, 11) is 0. The van der Waals surface area contributed by atoms with Crippen LogP contribution in [-0.4, -0.2) is 50.3 Å². The Morgan fingerprint density at radius 3 is 2.97 bits per heavy atom. The zero-order chi connectivity index (χ0) is 20.1. The summed E-state index contributed by atoms with van der Waals surface area (Å²) in [6, 6.07) is 5.39. The summed E-state index contributed by atoms with van der Waals surface area (Å²) in [4.78, 5) is 45.7. The lowest BCUT2D eigenvalue weighted by Crippen LogP contribution is -2.52. The van der Waals surface area contributed by atoms with Crippen molar-refractivity contribution in [2.24, 2.45) is 0 Å². The molecule has 2 aromatic heterocycles. The van der Waals surface area contributed by atoms with Crippen LogP contribution in [0.15, 0.2) is 47.9 Å². The van der Waals surface area contributed by atoms with Gasteiger partial charge in [-0.2, -0.15) is 0 Å². The summed E-state index contributed by atoms with van der Waals surface area (Å²) in [5.74, 6) is -1.33. The number of carbonyl (C=O) groups excluding carboxylic acids is 2. The highest BCUT2D eigenvalue weighted by Crippen LogP contribution is 2.40. The Morgan fingerprint density at radius 2 is 2.21 bits per heavy atom. The van der Waals surface area contributed by atoms with Crippen LogP contribution in [0, 0.1) is 0 Å². The molecule has 8 heteroatoms. The lowest BCUT2D eigenvalue weighted by atomic mass is 9.94. The van der Waals surface area contributed by atoms with Gasteiger partial charge in [-0.1, -0.05) is 6.08 Å². The molecule has 2 amide bonds. The minimum Gasteiger partial charge on any atom is -0.477 e. The Hall–Kier alpha value is -3.26. The van der Waals surface area contributed by atoms with Gasteiger partial charge in [0.2, 0.25) is 0 Å². The Bertz CT molecular complexity index is 1100. The van der Waals surface area contributed by atoms with E-state index in [0.29, 0.717) is 30.6 Å². The fourth-order valence-electron chi connectivity index (χ4n) is 4.10. The van der Waals surface area contributed by atoms with Crippen LogP contribution in [0.4, 0.5) is 0 Å². The molecule has 0 aliphatic carbocycles. The molecule has 1 saturated heterocycles. The van der Waals surface area contributed by atoms with E-state index in [2.05, 4.69) is 4.98 Å². The summed E-state index contributed by atoms with van der Waals surface area (Å²) < 4.78 is 0. The molecule has 1 atom stereocenters. The van der Waals surface area contributed by atoms with E-state index in [1.165, 1.54) is 9.78 Å². The number of carboxylic acids is 1. The molecule has 3 aliphatic heterocycles. The SMILES string of the molecule is O=C(O)C1=CCC2/C(=C\c3cc4c(s3)CCN(C(=O)c3cccnc3)C4)C(=O)N12. The normalized spacial score (nSPS) is 21.5. The monoisotopic (exact) mass is 407 g/mol. The van der Waals surface area contributed by atoms with Gasteiger partial charge in [0.1, 0.15) is 5.70 Å². The predicted molar refractivity (Wildman–Crippen MR) is 106 cm³/mol. The number of amides is 2. The largest absolute Gasteiger partial charge is 0.477 e. The molecule has 29 heavy (non-hydrogen) atoms. The van der Waals surface area contributed by atoms with Gasteiger partial charge in [0.25, 0.3) is 11.8 Å². The van der Waals surface area contributed by atoms with Crippen LogP contribution < -0.4 is 0 Å². The number of carbonyl (C=O) groups is 3. The summed E-state index contributed by atoms with van der Waals surface area (Å²) in [6.07, 6.45) is 8.02. The second kappa shape index (κ2) is 6.66. The molecule has 1 N–H and O–H groups in total. The van der Waals surface area contributed by atoms with Gasteiger partial charge in [-0.25, -0.2) is 4.79 Å². The number of thiophene rings is 1. The van der Waals surface area contributed by atoms with Crippen molar-refractivity contribution in [1.29, 1.82) is 0 Å². The second-order valence-electron chi connectivity index (χ2n) is 7.24. The quantitative estimate of drug-likeness (QED) is 0.623. The molecule has 7 nitrogen and oxygen atoms in total. The number of aromatic nitrogens is 1. The van der Waals surface area contributed by atoms with Crippen LogP contribution in [0.5, 0.6) is 0 Å². The molecule has 1 unspecified atom stereocenters. The van der Waals surface area contributed by atoms with E-state index in [1.54, 1.807) is 41.9 Å². The number of aliphatic carboxylic acids is 1. The Labute approximate surface area is 170 Å². The highest BCUT2D eigenvalue weighted by molar-refractivity contribution is 7.13. The third kappa shape index (κ3) is 2.87. The van der Waals surface area contributed by atoms with E-state index < -0.39 is 5.97 Å². The van der Waals surface area contributed by atoms with E-state index in [-0.39, 0.29) is 23.6 Å². The van der Waals surface area contributed by atoms with Gasteiger partial charge in [0.15, 0.2) is 0 Å². The molecular weight excluding hydrogens is 390 g/mol. The summed E-state index contributed by atoms with van der Waals surface area (Å²) in [5.41, 5.74) is 2.41. The van der Waals surface area contributed by atoms with Crippen LogP contribution in [0.2, 0.25) is 0 Å². The third-order valence-electron chi connectivity index (χ3n) is 5.53. The van der Waals surface area contributed by atoms with Gasteiger partial charge in [-0.05, 0) is 42.7 Å². The van der Waals surface area contributed by atoms with Gasteiger partial charge in [0.05, 0.1) is 11.6 Å². The molecule has 5 rings (SSSR count). The number of rotatable bonds is 3. The maximum Gasteiger partial charge on any atom is 0.352 e. The van der Waals surface area contributed by atoms with Crippen molar-refractivity contribution >= 4 is 35.2 Å². The molecule has 0 saturated carbocycles. The van der Waals surface area contributed by atoms with Crippen molar-refractivity contribution in [3.8, 4) is 0 Å². The standard InChI is InChI=1S/C21H17N3O4S/c25-19(12-2-1-6-22-10-12)23-7-5-18-13(11-23)8-14(29-18)9-15-16-3-4-17(21(27)28)24(16)20(15)26/h1-2,4,6,8-10,16H,3,5,7,11H2,(H,27,28)/b15-9+. The van der Waals surface area contributed by atoms with Crippen molar-refractivity contribution < 1.29 is 19.5 Å². The topological polar surface area (TPSA) is 90.8 Å².